The Morgan fingerprint density at radius 2 is 1.00 bits per heavy atom. The van der Waals surface area contributed by atoms with Crippen molar-refractivity contribution >= 4 is 75.2 Å². The van der Waals surface area contributed by atoms with Gasteiger partial charge in [0.15, 0.2) is 0 Å². The molecule has 0 bridgehead atoms. The van der Waals surface area contributed by atoms with Crippen molar-refractivity contribution in [3.8, 4) is 0 Å². The molecule has 338 valence electrons. The van der Waals surface area contributed by atoms with Gasteiger partial charge in [-0.25, -0.2) is 4.79 Å². The van der Waals surface area contributed by atoms with E-state index in [2.05, 4.69) is 36.6 Å². The van der Waals surface area contributed by atoms with E-state index >= 15 is 0 Å². The van der Waals surface area contributed by atoms with Gasteiger partial charge in [-0.2, -0.15) is 0 Å². The van der Waals surface area contributed by atoms with Crippen LogP contribution in [0.5, 0.6) is 0 Å². The molecule has 0 aliphatic heterocycles. The summed E-state index contributed by atoms with van der Waals surface area (Å²) < 4.78 is 0. The summed E-state index contributed by atoms with van der Waals surface area (Å²) in [6.07, 6.45) is 0.199. The molecule has 14 N–H and O–H groups in total. The maximum Gasteiger partial charge on any atom is 0.326 e. The highest BCUT2D eigenvalue weighted by Gasteiger charge is 2.34. The van der Waals surface area contributed by atoms with E-state index in [9.17, 15) is 53.4 Å². The second kappa shape index (κ2) is 22.5. The number of aromatic amines is 2. The number of rotatable bonds is 25. The van der Waals surface area contributed by atoms with Crippen molar-refractivity contribution in [2.75, 3.05) is 0 Å². The molecule has 0 unspecified atom stereocenters. The molecule has 0 saturated carbocycles. The van der Waals surface area contributed by atoms with Crippen LogP contribution in [-0.2, 0) is 56.0 Å². The Kier molecular flexibility index (Phi) is 17.3. The van der Waals surface area contributed by atoms with E-state index in [0.717, 1.165) is 10.9 Å². The van der Waals surface area contributed by atoms with E-state index < -0.39 is 122 Å². The van der Waals surface area contributed by atoms with Crippen LogP contribution in [0.25, 0.3) is 21.8 Å². The lowest BCUT2D eigenvalue weighted by Crippen LogP contribution is -2.59. The summed E-state index contributed by atoms with van der Waals surface area (Å²) in [5.74, 6) is -10.0. The molecule has 2 aromatic heterocycles. The van der Waals surface area contributed by atoms with Gasteiger partial charge in [0, 0.05) is 59.9 Å². The highest BCUT2D eigenvalue weighted by Crippen LogP contribution is 2.21. The van der Waals surface area contributed by atoms with Crippen LogP contribution in [0.2, 0.25) is 0 Å². The molecule has 21 heteroatoms. The first-order valence-electron chi connectivity index (χ1n) is 20.1. The molecule has 0 aliphatic rings. The van der Waals surface area contributed by atoms with Gasteiger partial charge in [-0.05, 0) is 48.4 Å². The first-order chi connectivity index (χ1) is 29.8. The van der Waals surface area contributed by atoms with Crippen LogP contribution in [0.3, 0.4) is 0 Å². The number of benzene rings is 2. The predicted octanol–water partition coefficient (Wildman–Crippen LogP) is -0.0786. The van der Waals surface area contributed by atoms with Gasteiger partial charge in [0.25, 0.3) is 0 Å². The summed E-state index contributed by atoms with van der Waals surface area (Å²) in [5, 5.41) is 42.5. The Balaban J connectivity index is 1.61. The first-order valence-corrected chi connectivity index (χ1v) is 20.1. The lowest BCUT2D eigenvalue weighted by atomic mass is 10.0. The van der Waals surface area contributed by atoms with Crippen molar-refractivity contribution in [2.45, 2.75) is 101 Å². The zero-order valence-corrected chi connectivity index (χ0v) is 34.6. The molecule has 63 heavy (non-hydrogen) atoms. The minimum absolute atomic E-state index is 0.00131. The first kappa shape index (κ1) is 48.4. The molecule has 0 aliphatic carbocycles. The average Bonchev–Trinajstić information content (AvgIpc) is 3.83. The third-order valence-electron chi connectivity index (χ3n) is 10.1. The maximum absolute atomic E-state index is 14.2. The van der Waals surface area contributed by atoms with Crippen LogP contribution in [0, 0.1) is 5.92 Å². The zero-order chi connectivity index (χ0) is 46.4. The smallest absolute Gasteiger partial charge is 0.326 e. The van der Waals surface area contributed by atoms with Crippen molar-refractivity contribution in [1.82, 2.24) is 36.6 Å². The normalized spacial score (nSPS) is 14.1. The molecule has 0 radical (unpaired) electrons. The van der Waals surface area contributed by atoms with Gasteiger partial charge in [0.1, 0.15) is 30.2 Å². The number of nitrogens with two attached hydrogens (primary N) is 2. The van der Waals surface area contributed by atoms with E-state index in [1.54, 1.807) is 68.7 Å². The van der Waals surface area contributed by atoms with Crippen molar-refractivity contribution in [3.63, 3.8) is 0 Å². The van der Waals surface area contributed by atoms with Gasteiger partial charge in [0.05, 0.1) is 12.5 Å². The van der Waals surface area contributed by atoms with Gasteiger partial charge in [-0.1, -0.05) is 50.2 Å². The van der Waals surface area contributed by atoms with Crippen LogP contribution in [0.15, 0.2) is 60.9 Å². The number of hydrogen-bond acceptors (Lipinski definition) is 10. The number of fused-ring (bicyclic) bond motifs is 2. The number of H-pyrrole nitrogens is 2. The van der Waals surface area contributed by atoms with Crippen LogP contribution in [0.4, 0.5) is 0 Å². The second-order valence-electron chi connectivity index (χ2n) is 15.5. The lowest BCUT2D eigenvalue weighted by Gasteiger charge is -2.27. The molecule has 6 atom stereocenters. The molecule has 4 rings (SSSR count). The number of primary amides is 1. The van der Waals surface area contributed by atoms with Gasteiger partial charge in [-0.3, -0.25) is 38.4 Å². The summed E-state index contributed by atoms with van der Waals surface area (Å²) in [6, 6.07) is 5.26. The highest BCUT2D eigenvalue weighted by atomic mass is 16.4. The Morgan fingerprint density at radius 3 is 1.48 bits per heavy atom. The number of aliphatic carboxylic acids is 3. The minimum atomic E-state index is -1.64. The number of carbonyl (C=O) groups is 9. The summed E-state index contributed by atoms with van der Waals surface area (Å²) in [6.45, 7) is 3.44. The van der Waals surface area contributed by atoms with E-state index in [4.69, 9.17) is 16.6 Å². The van der Waals surface area contributed by atoms with E-state index in [1.165, 1.54) is 0 Å². The summed E-state index contributed by atoms with van der Waals surface area (Å²) in [4.78, 5) is 122. The molecule has 4 aromatic rings. The van der Waals surface area contributed by atoms with Crippen molar-refractivity contribution < 1.29 is 58.5 Å². The van der Waals surface area contributed by atoms with Crippen molar-refractivity contribution in [2.24, 2.45) is 17.4 Å². The number of amides is 6. The van der Waals surface area contributed by atoms with E-state index in [0.29, 0.717) is 22.0 Å². The predicted molar refractivity (Wildman–Crippen MR) is 226 cm³/mol. The molecule has 2 aromatic carbocycles. The summed E-state index contributed by atoms with van der Waals surface area (Å²) in [7, 11) is 0. The Morgan fingerprint density at radius 1 is 0.571 bits per heavy atom. The van der Waals surface area contributed by atoms with Gasteiger partial charge < -0.3 is 63.3 Å². The molecule has 2 heterocycles. The van der Waals surface area contributed by atoms with Crippen LogP contribution < -0.4 is 38.1 Å². The fourth-order valence-electron chi connectivity index (χ4n) is 6.89. The zero-order valence-electron chi connectivity index (χ0n) is 34.6. The van der Waals surface area contributed by atoms with Gasteiger partial charge in [-0.15, -0.1) is 0 Å². The molecular formula is C42H53N9O12. The summed E-state index contributed by atoms with van der Waals surface area (Å²) in [5.41, 5.74) is 13.7. The lowest BCUT2D eigenvalue weighted by molar-refractivity contribution is -0.142. The van der Waals surface area contributed by atoms with Gasteiger partial charge >= 0.3 is 17.9 Å². The number of carboxylic acid groups (broad SMARTS) is 3. The third kappa shape index (κ3) is 14.4. The van der Waals surface area contributed by atoms with Crippen LogP contribution >= 0.6 is 0 Å². The number of aromatic nitrogens is 2. The van der Waals surface area contributed by atoms with Crippen molar-refractivity contribution in [1.29, 1.82) is 0 Å². The molecule has 6 amide bonds. The maximum atomic E-state index is 14.2. The van der Waals surface area contributed by atoms with E-state index in [1.807, 2.05) is 6.07 Å². The molecule has 0 saturated heterocycles. The van der Waals surface area contributed by atoms with Crippen LogP contribution in [0.1, 0.15) is 63.5 Å². The van der Waals surface area contributed by atoms with E-state index in [-0.39, 0.29) is 25.2 Å². The van der Waals surface area contributed by atoms with Crippen molar-refractivity contribution in [3.05, 3.63) is 72.1 Å². The molecule has 0 fully saturated rings. The minimum Gasteiger partial charge on any atom is -0.481 e. The molecule has 21 nitrogen and oxygen atoms in total. The Bertz CT molecular complexity index is 2320. The number of carbonyl (C=O) groups excluding carboxylic acids is 6. The third-order valence-corrected chi connectivity index (χ3v) is 10.1. The standard InChI is InChI=1S/C42H53N9O12/c1-21(2)15-31(49-37(57)26(43)18-36(55)56)40(60)48-30(12-14-35(53)54)38(58)47-29(11-13-34(44)52)39(59)50-32(16-22-19-45-27-9-5-3-7-24(22)27)41(61)51-33(42(62)63)17-23-20-46-28-10-6-4-8-25(23)28/h3-10,19-21,26,29-33,45-46H,11-18,43H2,1-2H3,(H2,44,52)(H,47,58)(H,48,60)(H,49,57)(H,50,59)(H,51,61)(H,53,54)(H,55,56)(H,62,63)/t26-,29-,30-,31-,32-,33-/m0/s1. The van der Waals surface area contributed by atoms with Crippen LogP contribution in [-0.4, -0.2) is 115 Å². The second-order valence-corrected chi connectivity index (χ2v) is 15.5. The fourth-order valence-corrected chi connectivity index (χ4v) is 6.89. The quantitative estimate of drug-likeness (QED) is 0.0415. The van der Waals surface area contributed by atoms with Gasteiger partial charge in [0.2, 0.25) is 35.4 Å². The topological polar surface area (TPSA) is 358 Å². The molecule has 0 spiro atoms. The number of para-hydroxylation sites is 2. The molecular weight excluding hydrogens is 823 g/mol. The number of hydrogen-bond donors (Lipinski definition) is 12. The Labute approximate surface area is 360 Å². The monoisotopic (exact) mass is 875 g/mol. The highest BCUT2D eigenvalue weighted by molar-refractivity contribution is 5.97. The Hall–Kier alpha value is -7.29. The summed E-state index contributed by atoms with van der Waals surface area (Å²) >= 11 is 0. The number of carboxylic acids is 3. The fraction of sp³-hybridized carbons (Fsp3) is 0.405. The SMILES string of the molecule is CC(C)C[C@H](NC(=O)[C@@H](N)CC(=O)O)C(=O)N[C@@H](CCC(=O)O)C(=O)N[C@@H](CCC(N)=O)C(=O)N[C@@H](Cc1c[nH]c2ccccc12)C(=O)N[C@@H](Cc1c[nH]c2ccccc12)C(=O)O. The number of nitrogens with one attached hydrogen (secondary N) is 7. The average molecular weight is 876 g/mol. The largest absolute Gasteiger partial charge is 0.481 e.